The second kappa shape index (κ2) is 27.9. The van der Waals surface area contributed by atoms with Crippen molar-refractivity contribution in [1.82, 2.24) is 16.0 Å². The molecule has 3 amide bonds. The first-order valence-corrected chi connectivity index (χ1v) is 15.8. The lowest BCUT2D eigenvalue weighted by atomic mass is 10.1. The van der Waals surface area contributed by atoms with Gasteiger partial charge in [0.2, 0.25) is 17.7 Å². The van der Waals surface area contributed by atoms with Crippen LogP contribution in [-0.2, 0) is 52.5 Å². The minimum Gasteiger partial charge on any atom is -0.481 e. The van der Waals surface area contributed by atoms with Gasteiger partial charge in [0.25, 0.3) is 0 Å². The maximum atomic E-state index is 12.2. The van der Waals surface area contributed by atoms with Gasteiger partial charge in [-0.15, -0.1) is 0 Å². The molecular weight excluding hydrogens is 602 g/mol. The normalized spacial score (nSPS) is 12.2. The number of carboxylic acid groups (broad SMARTS) is 1. The highest BCUT2D eigenvalue weighted by atomic mass is 32.2. The zero-order valence-electron chi connectivity index (χ0n) is 26.0. The fourth-order valence-electron chi connectivity index (χ4n) is 3.32. The van der Waals surface area contributed by atoms with Crippen molar-refractivity contribution in [3.63, 3.8) is 0 Å². The summed E-state index contributed by atoms with van der Waals surface area (Å²) < 4.78 is 26.7. The van der Waals surface area contributed by atoms with Gasteiger partial charge in [-0.2, -0.15) is 11.8 Å². The van der Waals surface area contributed by atoms with E-state index in [-0.39, 0.29) is 69.5 Å². The van der Waals surface area contributed by atoms with Crippen LogP contribution in [0.2, 0.25) is 0 Å². The van der Waals surface area contributed by atoms with Gasteiger partial charge in [-0.1, -0.05) is 0 Å². The van der Waals surface area contributed by atoms with Crippen molar-refractivity contribution in [3.8, 4) is 0 Å². The standard InChI is InChI=1S/C28H49N3O12S/c1-21(32)6-10-40-14-16-42-18-19-43-17-15-41-12-8-29-25(34)5-4-23(22(2)33)31-26(35)7-11-39-13-9-30-28(38)24(44-3)20-27(36)37/h23-24H,4-20H2,1-3H3,(H,29,34)(H,30,38)(H,31,35)(H,36,37)/t23-,24?/m0/s1. The Morgan fingerprint density at radius 3 is 1.68 bits per heavy atom. The summed E-state index contributed by atoms with van der Waals surface area (Å²) in [4.78, 5) is 69.7. The number of rotatable bonds is 30. The molecule has 254 valence electrons. The van der Waals surface area contributed by atoms with Gasteiger partial charge in [0.05, 0.1) is 83.8 Å². The third kappa shape index (κ3) is 25.8. The molecule has 15 nitrogen and oxygen atoms in total. The summed E-state index contributed by atoms with van der Waals surface area (Å²) >= 11 is 1.14. The van der Waals surface area contributed by atoms with Gasteiger partial charge in [-0.3, -0.25) is 28.8 Å². The van der Waals surface area contributed by atoms with Crippen molar-refractivity contribution < 1.29 is 57.6 Å². The van der Waals surface area contributed by atoms with Crippen LogP contribution in [0.25, 0.3) is 0 Å². The molecule has 0 radical (unpaired) electrons. The summed E-state index contributed by atoms with van der Waals surface area (Å²) in [5, 5.41) is 16.0. The summed E-state index contributed by atoms with van der Waals surface area (Å²) in [5.74, 6) is -2.32. The number of ketones is 2. The van der Waals surface area contributed by atoms with E-state index in [1.54, 1.807) is 6.26 Å². The molecule has 16 heteroatoms. The molecular formula is C28H49N3O12S. The highest BCUT2D eigenvalue weighted by Gasteiger charge is 2.20. The van der Waals surface area contributed by atoms with Crippen molar-refractivity contribution in [2.45, 2.75) is 57.2 Å². The minimum atomic E-state index is -1.06. The lowest BCUT2D eigenvalue weighted by Crippen LogP contribution is -2.41. The predicted octanol–water partition coefficient (Wildman–Crippen LogP) is -0.269. The SMILES string of the molecule is CSC(CC(=O)O)C(=O)NCCOCCC(=O)N[C@@H](CCC(=O)NCCOCCOCCOCCOCCC(C)=O)C(C)=O. The van der Waals surface area contributed by atoms with Crippen LogP contribution in [0.4, 0.5) is 0 Å². The molecule has 0 fully saturated rings. The van der Waals surface area contributed by atoms with Crippen LogP contribution < -0.4 is 16.0 Å². The molecule has 0 rings (SSSR count). The molecule has 0 bridgehead atoms. The van der Waals surface area contributed by atoms with Crippen molar-refractivity contribution in [2.24, 2.45) is 0 Å². The highest BCUT2D eigenvalue weighted by molar-refractivity contribution is 7.99. The third-order valence-corrected chi connectivity index (χ3v) is 6.67. The molecule has 0 aromatic heterocycles. The predicted molar refractivity (Wildman–Crippen MR) is 161 cm³/mol. The maximum absolute atomic E-state index is 12.2. The van der Waals surface area contributed by atoms with E-state index in [2.05, 4.69) is 16.0 Å². The number of thioether (sulfide) groups is 1. The lowest BCUT2D eigenvalue weighted by Gasteiger charge is -2.16. The van der Waals surface area contributed by atoms with Gasteiger partial charge in [0.1, 0.15) is 5.78 Å². The molecule has 0 aliphatic heterocycles. The van der Waals surface area contributed by atoms with Gasteiger partial charge in [0.15, 0.2) is 5.78 Å². The van der Waals surface area contributed by atoms with Crippen LogP contribution in [0.15, 0.2) is 0 Å². The number of carboxylic acids is 1. The number of hydrogen-bond acceptors (Lipinski definition) is 12. The van der Waals surface area contributed by atoms with Crippen molar-refractivity contribution in [3.05, 3.63) is 0 Å². The average Bonchev–Trinajstić information content (AvgIpc) is 2.97. The number of carbonyl (C=O) groups excluding carboxylic acids is 5. The Kier molecular flexibility index (Phi) is 26.2. The quantitative estimate of drug-likeness (QED) is 0.0740. The summed E-state index contributed by atoms with van der Waals surface area (Å²) in [6.07, 6.45) is 1.96. The summed E-state index contributed by atoms with van der Waals surface area (Å²) in [6.45, 7) is 6.60. The summed E-state index contributed by atoms with van der Waals surface area (Å²) in [6, 6.07) is -0.804. The minimum absolute atomic E-state index is 0.0113. The van der Waals surface area contributed by atoms with E-state index in [1.165, 1.54) is 13.8 Å². The number of ether oxygens (including phenoxy) is 5. The van der Waals surface area contributed by atoms with Gasteiger partial charge in [-0.05, 0) is 26.5 Å². The molecule has 2 atom stereocenters. The molecule has 0 aromatic rings. The first kappa shape index (κ1) is 41.4. The molecule has 0 heterocycles. The molecule has 0 spiro atoms. The van der Waals surface area contributed by atoms with E-state index >= 15 is 0 Å². The van der Waals surface area contributed by atoms with E-state index in [0.29, 0.717) is 59.3 Å². The van der Waals surface area contributed by atoms with Crippen LogP contribution in [-0.4, -0.2) is 137 Å². The molecule has 0 aliphatic carbocycles. The van der Waals surface area contributed by atoms with Gasteiger partial charge in [0, 0.05) is 32.4 Å². The van der Waals surface area contributed by atoms with Crippen molar-refractivity contribution in [1.29, 1.82) is 0 Å². The average molecular weight is 652 g/mol. The van der Waals surface area contributed by atoms with Crippen LogP contribution in [0.1, 0.15) is 46.0 Å². The van der Waals surface area contributed by atoms with Crippen LogP contribution in [0.3, 0.4) is 0 Å². The second-order valence-electron chi connectivity index (χ2n) is 9.50. The fourth-order valence-corrected chi connectivity index (χ4v) is 3.92. The Labute approximate surface area is 263 Å². The Bertz CT molecular complexity index is 862. The topological polar surface area (TPSA) is 205 Å². The number of amides is 3. The number of carbonyl (C=O) groups is 6. The highest BCUT2D eigenvalue weighted by Crippen LogP contribution is 2.10. The summed E-state index contributed by atoms with van der Waals surface area (Å²) in [7, 11) is 0. The van der Waals surface area contributed by atoms with Gasteiger partial charge in [-0.25, -0.2) is 0 Å². The van der Waals surface area contributed by atoms with Crippen LogP contribution >= 0.6 is 11.8 Å². The molecule has 0 aliphatic rings. The molecule has 0 aromatic carbocycles. The van der Waals surface area contributed by atoms with E-state index < -0.39 is 29.1 Å². The van der Waals surface area contributed by atoms with E-state index in [9.17, 15) is 28.8 Å². The Morgan fingerprint density at radius 2 is 1.16 bits per heavy atom. The lowest BCUT2D eigenvalue weighted by molar-refractivity contribution is -0.138. The largest absolute Gasteiger partial charge is 0.481 e. The van der Waals surface area contributed by atoms with E-state index in [4.69, 9.17) is 28.8 Å². The van der Waals surface area contributed by atoms with Crippen LogP contribution in [0, 0.1) is 0 Å². The first-order chi connectivity index (χ1) is 21.1. The number of Topliss-reactive ketones (excluding diaryl/α,β-unsaturated/α-hetero) is 2. The number of aliphatic carboxylic acids is 1. The monoisotopic (exact) mass is 651 g/mol. The van der Waals surface area contributed by atoms with E-state index in [1.807, 2.05) is 0 Å². The Morgan fingerprint density at radius 1 is 0.659 bits per heavy atom. The van der Waals surface area contributed by atoms with E-state index in [0.717, 1.165) is 11.8 Å². The molecule has 44 heavy (non-hydrogen) atoms. The zero-order chi connectivity index (χ0) is 33.0. The van der Waals surface area contributed by atoms with Crippen molar-refractivity contribution >= 4 is 47.0 Å². The van der Waals surface area contributed by atoms with Crippen molar-refractivity contribution in [2.75, 3.05) is 85.4 Å². The maximum Gasteiger partial charge on any atom is 0.305 e. The van der Waals surface area contributed by atoms with Gasteiger partial charge < -0.3 is 44.7 Å². The fraction of sp³-hybridized carbons (Fsp3) is 0.786. The molecule has 0 saturated heterocycles. The summed E-state index contributed by atoms with van der Waals surface area (Å²) in [5.41, 5.74) is 0. The molecule has 1 unspecified atom stereocenters. The second-order valence-corrected chi connectivity index (χ2v) is 10.5. The Hall–Kier alpha value is -2.63. The van der Waals surface area contributed by atoms with Gasteiger partial charge >= 0.3 is 5.97 Å². The smallest absolute Gasteiger partial charge is 0.305 e. The molecule has 0 saturated carbocycles. The first-order valence-electron chi connectivity index (χ1n) is 14.5. The number of nitrogens with one attached hydrogen (secondary N) is 3. The number of hydrogen-bond donors (Lipinski definition) is 4. The third-order valence-electron chi connectivity index (χ3n) is 5.73. The molecule has 4 N–H and O–H groups in total. The Balaban J connectivity index is 3.81. The zero-order valence-corrected chi connectivity index (χ0v) is 26.8. The van der Waals surface area contributed by atoms with Crippen LogP contribution in [0.5, 0.6) is 0 Å².